The summed E-state index contributed by atoms with van der Waals surface area (Å²) >= 11 is 6.15. The van der Waals surface area contributed by atoms with Gasteiger partial charge in [0.1, 0.15) is 5.84 Å². The van der Waals surface area contributed by atoms with Gasteiger partial charge in [0.2, 0.25) is 0 Å². The van der Waals surface area contributed by atoms with Crippen LogP contribution in [0.3, 0.4) is 0 Å². The van der Waals surface area contributed by atoms with E-state index in [0.717, 1.165) is 5.56 Å². The van der Waals surface area contributed by atoms with Crippen molar-refractivity contribution in [3.8, 4) is 0 Å². The number of halogens is 1. The molecule has 0 radical (unpaired) electrons. The second-order valence-electron chi connectivity index (χ2n) is 4.41. The zero-order chi connectivity index (χ0) is 14.1. The van der Waals surface area contributed by atoms with E-state index in [0.29, 0.717) is 22.1 Å². The van der Waals surface area contributed by atoms with Crippen molar-refractivity contribution in [2.75, 3.05) is 5.32 Å². The number of fused-ring (bicyclic) bond motifs is 1. The van der Waals surface area contributed by atoms with Crippen LogP contribution >= 0.6 is 11.6 Å². The number of hydrogen-bond acceptors (Lipinski definition) is 3. The number of anilines is 1. The minimum Gasteiger partial charge on any atom is -0.479 e. The van der Waals surface area contributed by atoms with Crippen LogP contribution in [0.25, 0.3) is 0 Å². The number of para-hydroxylation sites is 1. The summed E-state index contributed by atoms with van der Waals surface area (Å²) in [6.07, 6.45) is 0. The molecular weight excluding hydrogens is 276 g/mol. The summed E-state index contributed by atoms with van der Waals surface area (Å²) in [4.78, 5) is 15.7. The van der Waals surface area contributed by atoms with Gasteiger partial charge in [-0.25, -0.2) is 9.79 Å². The molecule has 100 valence electrons. The van der Waals surface area contributed by atoms with Gasteiger partial charge in [-0.2, -0.15) is 0 Å². The van der Waals surface area contributed by atoms with Gasteiger partial charge in [0.25, 0.3) is 0 Å². The van der Waals surface area contributed by atoms with E-state index in [-0.39, 0.29) is 0 Å². The number of aliphatic carboxylic acids is 1. The average Bonchev–Trinajstić information content (AvgIpc) is 2.47. The van der Waals surface area contributed by atoms with Crippen LogP contribution in [0.2, 0.25) is 5.02 Å². The molecule has 1 aliphatic heterocycles. The zero-order valence-corrected chi connectivity index (χ0v) is 11.1. The van der Waals surface area contributed by atoms with Crippen LogP contribution in [-0.2, 0) is 4.79 Å². The summed E-state index contributed by atoms with van der Waals surface area (Å²) in [5, 5.41) is 13.0. The molecule has 1 heterocycles. The molecular formula is C15H11ClN2O2. The maximum Gasteiger partial charge on any atom is 0.333 e. The van der Waals surface area contributed by atoms with Crippen molar-refractivity contribution in [2.24, 2.45) is 4.99 Å². The molecule has 1 aliphatic rings. The normalized spacial score (nSPS) is 16.9. The molecule has 4 nitrogen and oxygen atoms in total. The average molecular weight is 287 g/mol. The van der Waals surface area contributed by atoms with E-state index in [9.17, 15) is 9.90 Å². The minimum atomic E-state index is -0.997. The Labute approximate surface area is 120 Å². The largest absolute Gasteiger partial charge is 0.479 e. The van der Waals surface area contributed by atoms with Gasteiger partial charge in [-0.05, 0) is 6.07 Å². The molecule has 2 aromatic carbocycles. The van der Waals surface area contributed by atoms with Crippen LogP contribution in [0.5, 0.6) is 0 Å². The van der Waals surface area contributed by atoms with E-state index < -0.39 is 12.0 Å². The predicted octanol–water partition coefficient (Wildman–Crippen LogP) is 3.34. The molecule has 0 aromatic heterocycles. The molecule has 1 unspecified atom stereocenters. The Kier molecular flexibility index (Phi) is 3.16. The van der Waals surface area contributed by atoms with Crippen LogP contribution in [-0.4, -0.2) is 16.9 Å². The van der Waals surface area contributed by atoms with Gasteiger partial charge in [-0.1, -0.05) is 54.1 Å². The van der Waals surface area contributed by atoms with E-state index in [1.807, 2.05) is 30.3 Å². The Hall–Kier alpha value is -2.33. The van der Waals surface area contributed by atoms with Gasteiger partial charge in [0.15, 0.2) is 6.04 Å². The molecule has 0 aliphatic carbocycles. The van der Waals surface area contributed by atoms with Gasteiger partial charge in [0, 0.05) is 11.1 Å². The lowest BCUT2D eigenvalue weighted by atomic mass is 10.0. The summed E-state index contributed by atoms with van der Waals surface area (Å²) in [6.45, 7) is 0. The van der Waals surface area contributed by atoms with Crippen molar-refractivity contribution < 1.29 is 9.90 Å². The molecule has 0 saturated heterocycles. The number of benzene rings is 2. The monoisotopic (exact) mass is 286 g/mol. The van der Waals surface area contributed by atoms with Crippen LogP contribution in [0.4, 0.5) is 5.69 Å². The molecule has 3 rings (SSSR count). The molecule has 0 fully saturated rings. The fourth-order valence-electron chi connectivity index (χ4n) is 2.18. The molecule has 0 saturated carbocycles. The number of aliphatic imine (C=N–C) groups is 1. The first-order chi connectivity index (χ1) is 9.66. The molecule has 5 heteroatoms. The third kappa shape index (κ3) is 2.14. The maximum atomic E-state index is 11.4. The van der Waals surface area contributed by atoms with Crippen molar-refractivity contribution in [3.05, 3.63) is 64.7 Å². The zero-order valence-electron chi connectivity index (χ0n) is 10.4. The summed E-state index contributed by atoms with van der Waals surface area (Å²) < 4.78 is 0. The first-order valence-electron chi connectivity index (χ1n) is 6.08. The van der Waals surface area contributed by atoms with Crippen molar-refractivity contribution in [2.45, 2.75) is 6.04 Å². The highest BCUT2D eigenvalue weighted by molar-refractivity contribution is 6.34. The fraction of sp³-hybridized carbons (Fsp3) is 0.0667. The van der Waals surface area contributed by atoms with Crippen LogP contribution in [0.15, 0.2) is 53.5 Å². The summed E-state index contributed by atoms with van der Waals surface area (Å²) in [6, 6.07) is 13.6. The van der Waals surface area contributed by atoms with Gasteiger partial charge >= 0.3 is 5.97 Å². The lowest BCUT2D eigenvalue weighted by molar-refractivity contribution is -0.138. The molecule has 0 spiro atoms. The smallest absolute Gasteiger partial charge is 0.333 e. The topological polar surface area (TPSA) is 61.7 Å². The molecule has 0 amide bonds. The highest BCUT2D eigenvalue weighted by atomic mass is 35.5. The molecule has 1 atom stereocenters. The number of rotatable bonds is 2. The molecule has 0 bridgehead atoms. The Morgan fingerprint density at radius 3 is 2.60 bits per heavy atom. The van der Waals surface area contributed by atoms with E-state index in [4.69, 9.17) is 11.6 Å². The van der Waals surface area contributed by atoms with Crippen LogP contribution < -0.4 is 5.32 Å². The highest BCUT2D eigenvalue weighted by Crippen LogP contribution is 2.36. The highest BCUT2D eigenvalue weighted by Gasteiger charge is 2.28. The van der Waals surface area contributed by atoms with Crippen molar-refractivity contribution in [3.63, 3.8) is 0 Å². The van der Waals surface area contributed by atoms with E-state index >= 15 is 0 Å². The van der Waals surface area contributed by atoms with E-state index in [1.165, 1.54) is 0 Å². The first kappa shape index (κ1) is 12.7. The van der Waals surface area contributed by atoms with Gasteiger partial charge in [-0.3, -0.25) is 0 Å². The SMILES string of the molecule is O=C(O)C1N=C(c2ccccc2)Nc2c(Cl)cccc21. The Morgan fingerprint density at radius 1 is 1.15 bits per heavy atom. The third-order valence-corrected chi connectivity index (χ3v) is 3.44. The van der Waals surface area contributed by atoms with Crippen LogP contribution in [0.1, 0.15) is 17.2 Å². The van der Waals surface area contributed by atoms with Crippen molar-refractivity contribution in [1.82, 2.24) is 0 Å². The van der Waals surface area contributed by atoms with Gasteiger partial charge in [-0.15, -0.1) is 0 Å². The summed E-state index contributed by atoms with van der Waals surface area (Å²) in [7, 11) is 0. The summed E-state index contributed by atoms with van der Waals surface area (Å²) in [5.74, 6) is -0.484. The maximum absolute atomic E-state index is 11.4. The molecule has 20 heavy (non-hydrogen) atoms. The second-order valence-corrected chi connectivity index (χ2v) is 4.82. The number of carboxylic acids is 1. The predicted molar refractivity (Wildman–Crippen MR) is 78.4 cm³/mol. The quantitative estimate of drug-likeness (QED) is 0.890. The fourth-order valence-corrected chi connectivity index (χ4v) is 2.41. The minimum absolute atomic E-state index is 0.483. The number of hydrogen-bond donors (Lipinski definition) is 2. The Balaban J connectivity index is 2.13. The Morgan fingerprint density at radius 2 is 1.90 bits per heavy atom. The van der Waals surface area contributed by atoms with Crippen molar-refractivity contribution >= 4 is 29.1 Å². The van der Waals surface area contributed by atoms with Gasteiger partial charge < -0.3 is 10.4 Å². The van der Waals surface area contributed by atoms with Gasteiger partial charge in [0.05, 0.1) is 10.7 Å². The standard InChI is InChI=1S/C15H11ClN2O2/c16-11-8-4-7-10-12(11)17-14(18-13(10)15(19)20)9-5-2-1-3-6-9/h1-8,13H,(H,17,18)(H,19,20). The van der Waals surface area contributed by atoms with Crippen molar-refractivity contribution in [1.29, 1.82) is 0 Å². The number of amidine groups is 1. The molecule has 2 N–H and O–H groups in total. The van der Waals surface area contributed by atoms with Crippen LogP contribution in [0, 0.1) is 0 Å². The first-order valence-corrected chi connectivity index (χ1v) is 6.46. The van der Waals surface area contributed by atoms with E-state index in [1.54, 1.807) is 18.2 Å². The summed E-state index contributed by atoms with van der Waals surface area (Å²) in [5.41, 5.74) is 2.00. The Bertz CT molecular complexity index is 698. The number of carbonyl (C=O) groups is 1. The number of nitrogens with zero attached hydrogens (tertiary/aromatic N) is 1. The lowest BCUT2D eigenvalue weighted by Gasteiger charge is -2.24. The number of carboxylic acid groups (broad SMARTS) is 1. The van der Waals surface area contributed by atoms with E-state index in [2.05, 4.69) is 10.3 Å². The molecule has 2 aromatic rings. The number of nitrogens with one attached hydrogen (secondary N) is 1. The third-order valence-electron chi connectivity index (χ3n) is 3.12. The lowest BCUT2D eigenvalue weighted by Crippen LogP contribution is -2.25. The second kappa shape index (κ2) is 4.98.